The number of hydrazine groups is 2. The number of rotatable bonds is 6. The predicted molar refractivity (Wildman–Crippen MR) is 92.6 cm³/mol. The summed E-state index contributed by atoms with van der Waals surface area (Å²) in [7, 11) is -2.27. The van der Waals surface area contributed by atoms with Gasteiger partial charge >= 0.3 is 6.61 Å². The van der Waals surface area contributed by atoms with Crippen molar-refractivity contribution in [3.8, 4) is 5.75 Å². The number of amides is 1. The minimum atomic E-state index is -3.84. The lowest BCUT2D eigenvalue weighted by Gasteiger charge is -2.17. The number of ether oxygens (including phenoxy) is 1. The lowest BCUT2D eigenvalue weighted by Crippen LogP contribution is -2.45. The van der Waals surface area contributed by atoms with Crippen molar-refractivity contribution in [2.75, 3.05) is 11.8 Å². The van der Waals surface area contributed by atoms with Crippen LogP contribution in [0, 0.1) is 0 Å². The van der Waals surface area contributed by atoms with Gasteiger partial charge in [0.2, 0.25) is 16.0 Å². The van der Waals surface area contributed by atoms with Gasteiger partial charge in [-0.05, 0) is 25.0 Å². The number of sulfonamides is 1. The normalized spacial score (nSPS) is 16.8. The minimum absolute atomic E-state index is 0.115. The molecule has 1 fully saturated rings. The van der Waals surface area contributed by atoms with Gasteiger partial charge < -0.3 is 4.74 Å². The van der Waals surface area contributed by atoms with E-state index < -0.39 is 39.2 Å². The average molecular weight is 425 g/mol. The second-order valence-electron chi connectivity index (χ2n) is 5.70. The first kappa shape index (κ1) is 19.4. The second kappa shape index (κ2) is 7.32. The van der Waals surface area contributed by atoms with Crippen LogP contribution >= 0.6 is 11.6 Å². The van der Waals surface area contributed by atoms with E-state index in [-0.39, 0.29) is 16.5 Å². The Balaban J connectivity index is 1.93. The molecule has 1 aromatic rings. The Bertz CT molecular complexity index is 893. The van der Waals surface area contributed by atoms with Crippen LogP contribution in [-0.4, -0.2) is 44.2 Å². The van der Waals surface area contributed by atoms with Crippen molar-refractivity contribution in [1.29, 1.82) is 0 Å². The summed E-state index contributed by atoms with van der Waals surface area (Å²) in [6.07, 6.45) is 0.897. The molecular weight excluding hydrogens is 410 g/mol. The molecular formula is C13H15ClF2N6O4S. The number of alkyl halides is 2. The topological polar surface area (TPSA) is 124 Å². The van der Waals surface area contributed by atoms with E-state index in [0.717, 1.165) is 12.1 Å². The van der Waals surface area contributed by atoms with E-state index in [1.807, 2.05) is 0 Å². The number of carbonyl (C=O) groups excluding carboxylic acids is 1. The van der Waals surface area contributed by atoms with Crippen LogP contribution in [0.4, 0.5) is 14.5 Å². The van der Waals surface area contributed by atoms with Crippen LogP contribution in [0.3, 0.4) is 0 Å². The number of hydrogen-bond acceptors (Lipinski definition) is 8. The minimum Gasteiger partial charge on any atom is -0.433 e. The van der Waals surface area contributed by atoms with Crippen molar-refractivity contribution in [3.05, 3.63) is 22.7 Å². The van der Waals surface area contributed by atoms with Gasteiger partial charge in [-0.25, -0.2) is 14.0 Å². The van der Waals surface area contributed by atoms with Crippen molar-refractivity contribution >= 4 is 39.2 Å². The number of halogens is 3. The highest BCUT2D eigenvalue weighted by atomic mass is 35.5. The van der Waals surface area contributed by atoms with Crippen molar-refractivity contribution < 1.29 is 26.7 Å². The molecule has 1 heterocycles. The Kier molecular flexibility index (Phi) is 5.26. The number of nitrogens with zero attached hydrogens (tertiary/aromatic N) is 2. The molecule has 3 rings (SSSR count). The van der Waals surface area contributed by atoms with Gasteiger partial charge in [0.1, 0.15) is 5.69 Å². The number of anilines is 1. The number of hydrazone groups is 1. The predicted octanol–water partition coefficient (Wildman–Crippen LogP) is 0.801. The molecule has 4 N–H and O–H groups in total. The standard InChI is InChI=1S/C13H15ClF2N6O4S/c1-22-13(18-20-21-22)17-11(23)7-4-5-8(26-12(15)16)10(9(7)14)19-27(24,25)6-2-3-6/h4-6,12,19-21H,2-3H2,1H3,(H,17,18,23). The smallest absolute Gasteiger partial charge is 0.387 e. The van der Waals surface area contributed by atoms with Gasteiger partial charge in [-0.2, -0.15) is 8.78 Å². The number of hydrogen-bond donors (Lipinski definition) is 4. The van der Waals surface area contributed by atoms with Crippen LogP contribution in [0.15, 0.2) is 17.2 Å². The molecule has 0 radical (unpaired) electrons. The molecule has 1 saturated carbocycles. The molecule has 0 bridgehead atoms. The molecule has 27 heavy (non-hydrogen) atoms. The fourth-order valence-electron chi connectivity index (χ4n) is 2.19. The fraction of sp³-hybridized carbons (Fsp3) is 0.385. The van der Waals surface area contributed by atoms with E-state index >= 15 is 0 Å². The van der Waals surface area contributed by atoms with Crippen molar-refractivity contribution in [1.82, 2.24) is 21.4 Å². The summed E-state index contributed by atoms with van der Waals surface area (Å²) in [6, 6.07) is 2.18. The van der Waals surface area contributed by atoms with Crippen LogP contribution in [0.2, 0.25) is 5.02 Å². The number of nitrogens with one attached hydrogen (secondary N) is 4. The quantitative estimate of drug-likeness (QED) is 0.532. The monoisotopic (exact) mass is 424 g/mol. The molecule has 0 unspecified atom stereocenters. The van der Waals surface area contributed by atoms with Gasteiger partial charge in [-0.15, -0.1) is 10.6 Å². The van der Waals surface area contributed by atoms with E-state index in [4.69, 9.17) is 11.6 Å². The highest BCUT2D eigenvalue weighted by Gasteiger charge is 2.37. The molecule has 1 aliphatic carbocycles. The summed E-state index contributed by atoms with van der Waals surface area (Å²) in [6.45, 7) is -3.21. The van der Waals surface area contributed by atoms with E-state index in [1.54, 1.807) is 7.05 Å². The lowest BCUT2D eigenvalue weighted by atomic mass is 10.1. The zero-order valence-electron chi connectivity index (χ0n) is 13.8. The average Bonchev–Trinajstić information content (AvgIpc) is 3.36. The maximum atomic E-state index is 12.7. The Labute approximate surface area is 157 Å². The molecule has 10 nitrogen and oxygen atoms in total. The van der Waals surface area contributed by atoms with Gasteiger partial charge in [-0.1, -0.05) is 11.6 Å². The summed E-state index contributed by atoms with van der Waals surface area (Å²) >= 11 is 6.15. The number of carbonyl (C=O) groups is 1. The number of guanidine groups is 1. The van der Waals surface area contributed by atoms with Gasteiger partial charge in [0.25, 0.3) is 5.91 Å². The van der Waals surface area contributed by atoms with Gasteiger partial charge in [0.05, 0.1) is 15.8 Å². The second-order valence-corrected chi connectivity index (χ2v) is 8.04. The van der Waals surface area contributed by atoms with E-state index in [0.29, 0.717) is 12.8 Å². The van der Waals surface area contributed by atoms with Crippen LogP contribution < -0.4 is 25.8 Å². The summed E-state index contributed by atoms with van der Waals surface area (Å²) in [5.74, 6) is -1.11. The van der Waals surface area contributed by atoms with Crippen LogP contribution in [0.5, 0.6) is 5.75 Å². The lowest BCUT2D eigenvalue weighted by molar-refractivity contribution is -0.0493. The molecule has 0 aromatic heterocycles. The first-order valence-corrected chi connectivity index (χ1v) is 9.54. The van der Waals surface area contributed by atoms with E-state index in [9.17, 15) is 22.0 Å². The summed E-state index contributed by atoms with van der Waals surface area (Å²) < 4.78 is 56.2. The molecule has 148 valence electrons. The molecule has 1 aromatic carbocycles. The Morgan fingerprint density at radius 3 is 2.70 bits per heavy atom. The zero-order chi connectivity index (χ0) is 19.8. The summed E-state index contributed by atoms with van der Waals surface area (Å²) in [4.78, 5) is 12.4. The third kappa shape index (κ3) is 4.31. The number of benzene rings is 1. The van der Waals surface area contributed by atoms with E-state index in [2.05, 4.69) is 30.9 Å². The Morgan fingerprint density at radius 2 is 2.15 bits per heavy atom. The molecule has 1 amide bonds. The first-order chi connectivity index (χ1) is 12.7. The van der Waals surface area contributed by atoms with Gasteiger partial charge in [0, 0.05) is 7.05 Å². The third-order valence-electron chi connectivity index (χ3n) is 3.69. The molecule has 0 saturated heterocycles. The molecule has 1 aliphatic heterocycles. The van der Waals surface area contributed by atoms with Crippen molar-refractivity contribution in [3.63, 3.8) is 0 Å². The molecule has 2 aliphatic rings. The highest BCUT2D eigenvalue weighted by molar-refractivity contribution is 7.93. The largest absolute Gasteiger partial charge is 0.433 e. The summed E-state index contributed by atoms with van der Waals surface area (Å²) in [5, 5.41) is 6.53. The SMILES string of the molecule is CN1NNN=C1NC(=O)c1ccc(OC(F)F)c(NS(=O)(=O)C2CC2)c1Cl. The fourth-order valence-corrected chi connectivity index (χ4v) is 3.94. The van der Waals surface area contributed by atoms with Crippen molar-refractivity contribution in [2.45, 2.75) is 24.7 Å². The zero-order valence-corrected chi connectivity index (χ0v) is 15.4. The maximum absolute atomic E-state index is 12.7. The van der Waals surface area contributed by atoms with Crippen LogP contribution in [0.25, 0.3) is 0 Å². The van der Waals surface area contributed by atoms with Crippen LogP contribution in [-0.2, 0) is 10.0 Å². The third-order valence-corrected chi connectivity index (χ3v) is 5.92. The maximum Gasteiger partial charge on any atom is 0.387 e. The molecule has 0 spiro atoms. The highest BCUT2D eigenvalue weighted by Crippen LogP contribution is 2.39. The first-order valence-electron chi connectivity index (χ1n) is 7.61. The van der Waals surface area contributed by atoms with Crippen LogP contribution in [0.1, 0.15) is 23.2 Å². The Hall–Kier alpha value is -2.38. The Morgan fingerprint density at radius 1 is 1.44 bits per heavy atom. The van der Waals surface area contributed by atoms with Crippen molar-refractivity contribution in [2.24, 2.45) is 5.10 Å². The molecule has 14 heteroatoms. The van der Waals surface area contributed by atoms with Gasteiger partial charge in [0.15, 0.2) is 5.75 Å². The molecule has 0 atom stereocenters. The van der Waals surface area contributed by atoms with Gasteiger partial charge in [-0.3, -0.25) is 19.8 Å². The summed E-state index contributed by atoms with van der Waals surface area (Å²) in [5.41, 5.74) is 4.40. The van der Waals surface area contributed by atoms with E-state index in [1.165, 1.54) is 5.01 Å².